The number of thiophene rings is 1. The standard InChI is InChI=1S/C11H10N6S/c1-6(7-4-15-16-5-7)17-11-8(2-12)10(14)9(3-13)18-11/h4-6,17H,14H2,1H3,(H,15,16). The molecule has 1 unspecified atom stereocenters. The maximum absolute atomic E-state index is 9.06. The van der Waals surface area contributed by atoms with Crippen LogP contribution in [0.2, 0.25) is 0 Å². The van der Waals surface area contributed by atoms with Gasteiger partial charge < -0.3 is 11.1 Å². The minimum Gasteiger partial charge on any atom is -0.396 e. The molecule has 2 aromatic rings. The summed E-state index contributed by atoms with van der Waals surface area (Å²) in [7, 11) is 0. The molecule has 0 fully saturated rings. The number of nitrogens with two attached hydrogens (primary N) is 1. The Labute approximate surface area is 108 Å². The van der Waals surface area contributed by atoms with Crippen LogP contribution in [0.3, 0.4) is 0 Å². The van der Waals surface area contributed by atoms with Crippen LogP contribution in [0.5, 0.6) is 0 Å². The molecule has 6 nitrogen and oxygen atoms in total. The van der Waals surface area contributed by atoms with Crippen molar-refractivity contribution in [3.63, 3.8) is 0 Å². The highest BCUT2D eigenvalue weighted by Crippen LogP contribution is 2.36. The molecule has 0 aliphatic heterocycles. The number of nitrogens with zero attached hydrogens (tertiary/aromatic N) is 3. The van der Waals surface area contributed by atoms with Crippen molar-refractivity contribution in [2.75, 3.05) is 11.1 Å². The molecule has 0 amide bonds. The second-order valence-electron chi connectivity index (χ2n) is 3.67. The van der Waals surface area contributed by atoms with Crippen LogP contribution in [0.25, 0.3) is 0 Å². The zero-order chi connectivity index (χ0) is 13.1. The number of hydrogen-bond donors (Lipinski definition) is 3. The maximum atomic E-state index is 9.06. The minimum atomic E-state index is -0.0274. The Balaban J connectivity index is 2.30. The van der Waals surface area contributed by atoms with Gasteiger partial charge >= 0.3 is 0 Å². The van der Waals surface area contributed by atoms with E-state index in [4.69, 9.17) is 16.3 Å². The SMILES string of the molecule is CC(Nc1sc(C#N)c(N)c1C#N)c1cn[nH]c1. The fourth-order valence-corrected chi connectivity index (χ4v) is 2.47. The highest BCUT2D eigenvalue weighted by molar-refractivity contribution is 7.17. The Morgan fingerprint density at radius 1 is 1.50 bits per heavy atom. The first-order valence-electron chi connectivity index (χ1n) is 5.15. The third-order valence-corrected chi connectivity index (χ3v) is 3.57. The van der Waals surface area contributed by atoms with E-state index in [1.54, 1.807) is 12.4 Å². The minimum absolute atomic E-state index is 0.0274. The van der Waals surface area contributed by atoms with Gasteiger partial charge in [0.05, 0.1) is 17.9 Å². The van der Waals surface area contributed by atoms with E-state index < -0.39 is 0 Å². The number of anilines is 2. The quantitative estimate of drug-likeness (QED) is 0.778. The summed E-state index contributed by atoms with van der Waals surface area (Å²) in [6.45, 7) is 1.94. The maximum Gasteiger partial charge on any atom is 0.131 e. The van der Waals surface area contributed by atoms with E-state index in [1.807, 2.05) is 19.1 Å². The Hall–Kier alpha value is -2.51. The molecular formula is C11H10N6S. The predicted molar refractivity (Wildman–Crippen MR) is 68.8 cm³/mol. The Kier molecular flexibility index (Phi) is 3.18. The molecule has 0 saturated carbocycles. The fraction of sp³-hybridized carbons (Fsp3) is 0.182. The molecule has 0 radical (unpaired) electrons. The van der Waals surface area contributed by atoms with E-state index >= 15 is 0 Å². The number of H-pyrrole nitrogens is 1. The number of rotatable bonds is 3. The molecule has 7 heteroatoms. The van der Waals surface area contributed by atoms with Crippen molar-refractivity contribution < 1.29 is 0 Å². The third kappa shape index (κ3) is 1.99. The lowest BCUT2D eigenvalue weighted by molar-refractivity contribution is 0.890. The first kappa shape index (κ1) is 12.0. The first-order valence-corrected chi connectivity index (χ1v) is 5.96. The Bertz CT molecular complexity index is 628. The summed E-state index contributed by atoms with van der Waals surface area (Å²) in [4.78, 5) is 0.355. The third-order valence-electron chi connectivity index (χ3n) is 2.53. The van der Waals surface area contributed by atoms with Gasteiger partial charge in [-0.2, -0.15) is 15.6 Å². The molecule has 4 N–H and O–H groups in total. The lowest BCUT2D eigenvalue weighted by Crippen LogP contribution is -2.05. The van der Waals surface area contributed by atoms with Crippen molar-refractivity contribution in [2.45, 2.75) is 13.0 Å². The summed E-state index contributed by atoms with van der Waals surface area (Å²) in [6, 6.07) is 3.97. The average molecular weight is 258 g/mol. The van der Waals surface area contributed by atoms with E-state index in [-0.39, 0.29) is 11.7 Å². The van der Waals surface area contributed by atoms with E-state index in [1.165, 1.54) is 11.3 Å². The van der Waals surface area contributed by atoms with E-state index in [2.05, 4.69) is 15.5 Å². The average Bonchev–Trinajstić information content (AvgIpc) is 2.97. The van der Waals surface area contributed by atoms with Gasteiger partial charge in [0.15, 0.2) is 0 Å². The summed E-state index contributed by atoms with van der Waals surface area (Å²) >= 11 is 1.19. The molecule has 0 aliphatic rings. The van der Waals surface area contributed by atoms with Crippen LogP contribution in [-0.2, 0) is 0 Å². The number of hydrogen-bond acceptors (Lipinski definition) is 6. The smallest absolute Gasteiger partial charge is 0.131 e. The molecule has 2 heterocycles. The molecule has 2 rings (SSSR count). The molecule has 1 atom stereocenters. The topological polar surface area (TPSA) is 114 Å². The lowest BCUT2D eigenvalue weighted by atomic mass is 10.2. The van der Waals surface area contributed by atoms with Crippen LogP contribution in [0.4, 0.5) is 10.7 Å². The normalized spacial score (nSPS) is 11.5. The van der Waals surface area contributed by atoms with E-state index in [0.29, 0.717) is 15.4 Å². The number of aromatic amines is 1. The molecule has 0 saturated heterocycles. The number of nitrogens with one attached hydrogen (secondary N) is 2. The molecule has 0 bridgehead atoms. The van der Waals surface area contributed by atoms with Crippen LogP contribution in [0.1, 0.15) is 29.0 Å². The monoisotopic (exact) mass is 258 g/mol. The van der Waals surface area contributed by atoms with Crippen LogP contribution < -0.4 is 11.1 Å². The Morgan fingerprint density at radius 3 is 2.83 bits per heavy atom. The predicted octanol–water partition coefficient (Wildman–Crippen LogP) is 1.97. The zero-order valence-electron chi connectivity index (χ0n) is 9.56. The van der Waals surface area contributed by atoms with Gasteiger partial charge in [0.2, 0.25) is 0 Å². The lowest BCUT2D eigenvalue weighted by Gasteiger charge is -2.11. The van der Waals surface area contributed by atoms with Crippen molar-refractivity contribution >= 4 is 22.0 Å². The van der Waals surface area contributed by atoms with Gasteiger partial charge in [0, 0.05) is 11.8 Å². The van der Waals surface area contributed by atoms with Crippen molar-refractivity contribution in [3.05, 3.63) is 28.4 Å². The fourth-order valence-electron chi connectivity index (χ4n) is 1.52. The first-order chi connectivity index (χ1) is 8.67. The summed E-state index contributed by atoms with van der Waals surface area (Å²) in [5.41, 5.74) is 7.26. The summed E-state index contributed by atoms with van der Waals surface area (Å²) in [6.07, 6.45) is 3.47. The van der Waals surface area contributed by atoms with Crippen LogP contribution >= 0.6 is 11.3 Å². The van der Waals surface area contributed by atoms with Gasteiger partial charge in [-0.25, -0.2) is 0 Å². The molecular weight excluding hydrogens is 248 g/mol. The largest absolute Gasteiger partial charge is 0.396 e. The number of nitriles is 2. The van der Waals surface area contributed by atoms with Gasteiger partial charge in [-0.05, 0) is 6.92 Å². The van der Waals surface area contributed by atoms with Crippen molar-refractivity contribution in [1.82, 2.24) is 10.2 Å². The van der Waals surface area contributed by atoms with Gasteiger partial charge in [0.1, 0.15) is 27.6 Å². The summed E-state index contributed by atoms with van der Waals surface area (Å²) in [5, 5.41) is 28.3. The second kappa shape index (κ2) is 4.78. The highest BCUT2D eigenvalue weighted by Gasteiger charge is 2.17. The van der Waals surface area contributed by atoms with Gasteiger partial charge in [-0.3, -0.25) is 5.10 Å². The van der Waals surface area contributed by atoms with Crippen molar-refractivity contribution in [3.8, 4) is 12.1 Å². The van der Waals surface area contributed by atoms with Gasteiger partial charge in [0.25, 0.3) is 0 Å². The zero-order valence-corrected chi connectivity index (χ0v) is 10.4. The second-order valence-corrected chi connectivity index (χ2v) is 4.69. The van der Waals surface area contributed by atoms with Gasteiger partial charge in [-0.1, -0.05) is 0 Å². The van der Waals surface area contributed by atoms with Crippen LogP contribution in [-0.4, -0.2) is 10.2 Å². The number of nitrogen functional groups attached to an aromatic ring is 1. The summed E-state index contributed by atoms with van der Waals surface area (Å²) in [5.74, 6) is 0. The van der Waals surface area contributed by atoms with Crippen molar-refractivity contribution in [1.29, 1.82) is 10.5 Å². The molecule has 18 heavy (non-hydrogen) atoms. The molecule has 90 valence electrons. The molecule has 0 spiro atoms. The molecule has 0 aromatic carbocycles. The highest BCUT2D eigenvalue weighted by atomic mass is 32.1. The van der Waals surface area contributed by atoms with Crippen LogP contribution in [0.15, 0.2) is 12.4 Å². The molecule has 2 aromatic heterocycles. The van der Waals surface area contributed by atoms with E-state index in [0.717, 1.165) is 5.56 Å². The Morgan fingerprint density at radius 2 is 2.28 bits per heavy atom. The van der Waals surface area contributed by atoms with Gasteiger partial charge in [-0.15, -0.1) is 11.3 Å². The number of aromatic nitrogens is 2. The van der Waals surface area contributed by atoms with Crippen molar-refractivity contribution in [2.24, 2.45) is 0 Å². The molecule has 0 aliphatic carbocycles. The van der Waals surface area contributed by atoms with Crippen LogP contribution in [0, 0.1) is 22.7 Å². The van der Waals surface area contributed by atoms with E-state index in [9.17, 15) is 0 Å². The summed E-state index contributed by atoms with van der Waals surface area (Å²) < 4.78 is 0.